The number of carbonyl (C=O) groups is 2. The fraction of sp³-hybridized carbons (Fsp3) is 0.926. The van der Waals surface area contributed by atoms with Gasteiger partial charge in [0.25, 0.3) is 0 Å². The Balaban J connectivity index is 1.50. The Morgan fingerprint density at radius 3 is 1.55 bits per heavy atom. The summed E-state index contributed by atoms with van der Waals surface area (Å²) < 4.78 is 11.6. The molecule has 0 radical (unpaired) electrons. The van der Waals surface area contributed by atoms with Gasteiger partial charge in [0, 0.05) is 0 Å². The zero-order chi connectivity index (χ0) is 22.5. The van der Waals surface area contributed by atoms with Crippen LogP contribution in [-0.4, -0.2) is 25.2 Å². The van der Waals surface area contributed by atoms with E-state index in [1.165, 1.54) is 12.8 Å². The molecule has 0 saturated heterocycles. The van der Waals surface area contributed by atoms with Gasteiger partial charge in [0.05, 0.1) is 25.0 Å². The van der Waals surface area contributed by atoms with Crippen molar-refractivity contribution in [2.24, 2.45) is 53.3 Å². The van der Waals surface area contributed by atoms with Crippen molar-refractivity contribution < 1.29 is 19.1 Å². The van der Waals surface area contributed by atoms with E-state index in [2.05, 4.69) is 34.6 Å². The van der Waals surface area contributed by atoms with E-state index in [-0.39, 0.29) is 23.8 Å². The van der Waals surface area contributed by atoms with Crippen molar-refractivity contribution in [3.05, 3.63) is 0 Å². The van der Waals surface area contributed by atoms with Crippen LogP contribution in [0.25, 0.3) is 0 Å². The average molecular weight is 435 g/mol. The van der Waals surface area contributed by atoms with Gasteiger partial charge < -0.3 is 9.47 Å². The Bertz CT molecular complexity index is 602. The van der Waals surface area contributed by atoms with E-state index < -0.39 is 0 Å². The van der Waals surface area contributed by atoms with Gasteiger partial charge in [0.1, 0.15) is 0 Å². The molecule has 3 rings (SSSR count). The molecular weight excluding hydrogens is 388 g/mol. The highest BCUT2D eigenvalue weighted by atomic mass is 16.5. The van der Waals surface area contributed by atoms with Crippen molar-refractivity contribution in [2.45, 2.75) is 92.4 Å². The summed E-state index contributed by atoms with van der Waals surface area (Å²) in [6.45, 7) is 12.5. The van der Waals surface area contributed by atoms with Crippen LogP contribution in [0.4, 0.5) is 0 Å². The highest BCUT2D eigenvalue weighted by Crippen LogP contribution is 2.38. The summed E-state index contributed by atoms with van der Waals surface area (Å²) in [7, 11) is 0. The summed E-state index contributed by atoms with van der Waals surface area (Å²) in [6.07, 6.45) is 9.48. The molecule has 0 N–H and O–H groups in total. The van der Waals surface area contributed by atoms with E-state index in [1.807, 2.05) is 0 Å². The molecule has 0 spiro atoms. The van der Waals surface area contributed by atoms with Gasteiger partial charge >= 0.3 is 11.9 Å². The monoisotopic (exact) mass is 434 g/mol. The fourth-order valence-corrected chi connectivity index (χ4v) is 6.16. The topological polar surface area (TPSA) is 52.6 Å². The predicted molar refractivity (Wildman–Crippen MR) is 123 cm³/mol. The third-order valence-corrected chi connectivity index (χ3v) is 9.05. The Kier molecular flexibility index (Phi) is 8.87. The van der Waals surface area contributed by atoms with Crippen LogP contribution in [0.2, 0.25) is 0 Å². The molecule has 3 aliphatic carbocycles. The SMILES string of the molecule is CC1CCC(C(=O)OCC2CCC(C)C(C)C2)C(C(=O)OCC2CCC(C)C(C)C2)C1. The van der Waals surface area contributed by atoms with Crippen molar-refractivity contribution in [3.63, 3.8) is 0 Å². The summed E-state index contributed by atoms with van der Waals surface area (Å²) >= 11 is 0. The maximum Gasteiger partial charge on any atom is 0.309 e. The molecule has 0 amide bonds. The molecule has 4 heteroatoms. The van der Waals surface area contributed by atoms with Gasteiger partial charge in [-0.1, -0.05) is 47.5 Å². The molecule has 0 bridgehead atoms. The van der Waals surface area contributed by atoms with Crippen LogP contribution >= 0.6 is 0 Å². The molecule has 0 heterocycles. The molecule has 0 aromatic heterocycles. The van der Waals surface area contributed by atoms with E-state index in [9.17, 15) is 9.59 Å². The Hall–Kier alpha value is -1.06. The van der Waals surface area contributed by atoms with Crippen molar-refractivity contribution >= 4 is 11.9 Å². The highest BCUT2D eigenvalue weighted by molar-refractivity contribution is 5.82. The van der Waals surface area contributed by atoms with Crippen LogP contribution in [-0.2, 0) is 19.1 Å². The maximum absolute atomic E-state index is 13.0. The summed E-state index contributed by atoms with van der Waals surface area (Å²) in [5, 5.41) is 0. The lowest BCUT2D eigenvalue weighted by Gasteiger charge is -2.35. The largest absolute Gasteiger partial charge is 0.465 e. The molecule has 3 saturated carbocycles. The van der Waals surface area contributed by atoms with Gasteiger partial charge in [0.2, 0.25) is 0 Å². The molecule has 0 aromatic carbocycles. The van der Waals surface area contributed by atoms with Crippen molar-refractivity contribution in [2.75, 3.05) is 13.2 Å². The molecule has 9 atom stereocenters. The number of carbonyl (C=O) groups excluding carboxylic acids is 2. The van der Waals surface area contributed by atoms with Gasteiger partial charge in [-0.2, -0.15) is 0 Å². The van der Waals surface area contributed by atoms with Gasteiger partial charge in [-0.05, 0) is 86.4 Å². The van der Waals surface area contributed by atoms with Crippen LogP contribution in [0.5, 0.6) is 0 Å². The van der Waals surface area contributed by atoms with Crippen molar-refractivity contribution in [3.8, 4) is 0 Å². The van der Waals surface area contributed by atoms with Crippen LogP contribution in [0.15, 0.2) is 0 Å². The predicted octanol–water partition coefficient (Wildman–Crippen LogP) is 6.27. The molecule has 9 unspecified atom stereocenters. The van der Waals surface area contributed by atoms with Crippen LogP contribution in [0.1, 0.15) is 92.4 Å². The molecule has 3 aliphatic rings. The standard InChI is InChI=1S/C27H46O4/c1-17-6-11-24(26(28)30-15-22-9-7-18(2)20(4)13-22)25(12-17)27(29)31-16-23-10-8-19(3)21(5)14-23/h17-25H,6-16H2,1-5H3. The molecule has 3 fully saturated rings. The Morgan fingerprint density at radius 1 is 0.581 bits per heavy atom. The highest BCUT2D eigenvalue weighted by Gasteiger charge is 2.41. The third kappa shape index (κ3) is 6.71. The zero-order valence-electron chi connectivity index (χ0n) is 20.6. The smallest absolute Gasteiger partial charge is 0.309 e. The van der Waals surface area contributed by atoms with Gasteiger partial charge in [-0.15, -0.1) is 0 Å². The summed E-state index contributed by atoms with van der Waals surface area (Å²) in [4.78, 5) is 26.0. The number of hydrogen-bond acceptors (Lipinski definition) is 4. The van der Waals surface area contributed by atoms with Gasteiger partial charge in [0.15, 0.2) is 0 Å². The normalized spacial score (nSPS) is 41.4. The number of rotatable bonds is 6. The van der Waals surface area contributed by atoms with Crippen LogP contribution < -0.4 is 0 Å². The Morgan fingerprint density at radius 2 is 1.06 bits per heavy atom. The molecule has 4 nitrogen and oxygen atoms in total. The summed E-state index contributed by atoms with van der Waals surface area (Å²) in [5.74, 6) is 3.33. The van der Waals surface area contributed by atoms with E-state index in [1.54, 1.807) is 0 Å². The third-order valence-electron chi connectivity index (χ3n) is 9.05. The minimum Gasteiger partial charge on any atom is -0.465 e. The first kappa shape index (κ1) is 24.6. The zero-order valence-corrected chi connectivity index (χ0v) is 20.6. The first-order valence-electron chi connectivity index (χ1n) is 13.1. The van der Waals surface area contributed by atoms with Crippen LogP contribution in [0.3, 0.4) is 0 Å². The van der Waals surface area contributed by atoms with Crippen molar-refractivity contribution in [1.29, 1.82) is 0 Å². The van der Waals surface area contributed by atoms with E-state index in [0.717, 1.165) is 56.8 Å². The second-order valence-electron chi connectivity index (χ2n) is 11.7. The quantitative estimate of drug-likeness (QED) is 0.462. The van der Waals surface area contributed by atoms with E-state index in [0.29, 0.717) is 42.8 Å². The van der Waals surface area contributed by atoms with Crippen LogP contribution in [0, 0.1) is 53.3 Å². The molecule has 0 aliphatic heterocycles. The molecular formula is C27H46O4. The van der Waals surface area contributed by atoms with Gasteiger partial charge in [-0.25, -0.2) is 0 Å². The van der Waals surface area contributed by atoms with E-state index in [4.69, 9.17) is 9.47 Å². The Labute approximate surface area is 190 Å². The average Bonchev–Trinajstić information content (AvgIpc) is 2.74. The lowest BCUT2D eigenvalue weighted by atomic mass is 9.74. The van der Waals surface area contributed by atoms with Crippen molar-refractivity contribution in [1.82, 2.24) is 0 Å². The second kappa shape index (κ2) is 11.2. The second-order valence-corrected chi connectivity index (χ2v) is 11.7. The number of esters is 2. The molecule has 0 aromatic rings. The number of ether oxygens (including phenoxy) is 2. The fourth-order valence-electron chi connectivity index (χ4n) is 6.16. The summed E-state index contributed by atoms with van der Waals surface area (Å²) in [5.41, 5.74) is 0. The maximum atomic E-state index is 13.0. The van der Waals surface area contributed by atoms with E-state index >= 15 is 0 Å². The minimum atomic E-state index is -0.332. The number of hydrogen-bond donors (Lipinski definition) is 0. The summed E-state index contributed by atoms with van der Waals surface area (Å²) in [6, 6.07) is 0. The molecule has 178 valence electrons. The lowest BCUT2D eigenvalue weighted by molar-refractivity contribution is -0.165. The molecule has 31 heavy (non-hydrogen) atoms. The lowest BCUT2D eigenvalue weighted by Crippen LogP contribution is -2.38. The van der Waals surface area contributed by atoms with Gasteiger partial charge in [-0.3, -0.25) is 9.59 Å². The first-order valence-corrected chi connectivity index (χ1v) is 13.1. The first-order chi connectivity index (χ1) is 14.7. The minimum absolute atomic E-state index is 0.166.